The van der Waals surface area contributed by atoms with E-state index in [1.165, 1.54) is 6.07 Å². The summed E-state index contributed by atoms with van der Waals surface area (Å²) in [5.41, 5.74) is 6.87. The van der Waals surface area contributed by atoms with Crippen LogP contribution in [0, 0.1) is 11.6 Å². The molecule has 0 saturated carbocycles. The second-order valence-corrected chi connectivity index (χ2v) is 5.18. The normalized spacial score (nSPS) is 13.8. The zero-order chi connectivity index (χ0) is 15.4. The van der Waals surface area contributed by atoms with Crippen LogP contribution in [0.2, 0.25) is 5.02 Å². The van der Waals surface area contributed by atoms with Gasteiger partial charge in [-0.15, -0.1) is 0 Å². The molecule has 0 spiro atoms. The largest absolute Gasteiger partial charge is 0.484 e. The lowest BCUT2D eigenvalue weighted by Gasteiger charge is -2.25. The molecule has 0 amide bonds. The smallest absolute Gasteiger partial charge is 0.162 e. The Labute approximate surface area is 127 Å². The van der Waals surface area contributed by atoms with E-state index in [2.05, 4.69) is 0 Å². The van der Waals surface area contributed by atoms with E-state index in [0.29, 0.717) is 11.4 Å². The molecular formula is C16H16ClF2NO. The molecule has 0 aliphatic rings. The number of rotatable bonds is 5. The number of hydrogen-bond acceptors (Lipinski definition) is 2. The van der Waals surface area contributed by atoms with Crippen molar-refractivity contribution in [2.45, 2.75) is 25.5 Å². The van der Waals surface area contributed by atoms with Gasteiger partial charge in [-0.2, -0.15) is 0 Å². The van der Waals surface area contributed by atoms with Gasteiger partial charge in [0, 0.05) is 17.1 Å². The lowest BCUT2D eigenvalue weighted by molar-refractivity contribution is 0.170. The molecular weight excluding hydrogens is 296 g/mol. The van der Waals surface area contributed by atoms with Crippen LogP contribution in [0.4, 0.5) is 8.78 Å². The molecule has 2 N–H and O–H groups in total. The summed E-state index contributed by atoms with van der Waals surface area (Å²) in [5.74, 6) is -1.65. The van der Waals surface area contributed by atoms with Crippen molar-refractivity contribution in [3.8, 4) is 5.75 Å². The third kappa shape index (κ3) is 3.93. The predicted octanol–water partition coefficient (Wildman–Crippen LogP) is 4.48. The Morgan fingerprint density at radius 3 is 2.52 bits per heavy atom. The van der Waals surface area contributed by atoms with Crippen molar-refractivity contribution >= 4 is 11.6 Å². The summed E-state index contributed by atoms with van der Waals surface area (Å²) in [7, 11) is 0. The second-order valence-electron chi connectivity index (χ2n) is 4.74. The molecule has 0 radical (unpaired) electrons. The van der Waals surface area contributed by atoms with Gasteiger partial charge in [0.1, 0.15) is 11.9 Å². The third-order valence-corrected chi connectivity index (χ3v) is 3.43. The highest BCUT2D eigenvalue weighted by molar-refractivity contribution is 6.30. The lowest BCUT2D eigenvalue weighted by atomic mass is 10.0. The quantitative estimate of drug-likeness (QED) is 0.884. The summed E-state index contributed by atoms with van der Waals surface area (Å²) in [6, 6.07) is 10.2. The zero-order valence-corrected chi connectivity index (χ0v) is 12.3. The summed E-state index contributed by atoms with van der Waals surface area (Å²) < 4.78 is 32.0. The fraction of sp³-hybridized carbons (Fsp3) is 0.250. The molecule has 2 unspecified atom stereocenters. The average molecular weight is 312 g/mol. The van der Waals surface area contributed by atoms with Crippen molar-refractivity contribution < 1.29 is 13.5 Å². The maximum Gasteiger partial charge on any atom is 0.162 e. The van der Waals surface area contributed by atoms with Crippen LogP contribution in [0.5, 0.6) is 5.75 Å². The van der Waals surface area contributed by atoms with Crippen molar-refractivity contribution in [2.75, 3.05) is 0 Å². The van der Waals surface area contributed by atoms with Gasteiger partial charge >= 0.3 is 0 Å². The number of hydrogen-bond donors (Lipinski definition) is 1. The summed E-state index contributed by atoms with van der Waals surface area (Å²) in [4.78, 5) is 0. The third-order valence-electron chi connectivity index (χ3n) is 3.19. The maximum absolute atomic E-state index is 13.3. The molecule has 5 heteroatoms. The van der Waals surface area contributed by atoms with E-state index in [0.717, 1.165) is 17.7 Å². The van der Waals surface area contributed by atoms with E-state index in [9.17, 15) is 8.78 Å². The van der Waals surface area contributed by atoms with Crippen LogP contribution in [0.25, 0.3) is 0 Å². The Balaban J connectivity index is 2.30. The van der Waals surface area contributed by atoms with E-state index >= 15 is 0 Å². The first-order valence-electron chi connectivity index (χ1n) is 6.64. The number of nitrogens with two attached hydrogens (primary N) is 1. The van der Waals surface area contributed by atoms with Gasteiger partial charge in [-0.25, -0.2) is 8.78 Å². The molecule has 2 atom stereocenters. The van der Waals surface area contributed by atoms with Gasteiger partial charge in [0.05, 0.1) is 0 Å². The van der Waals surface area contributed by atoms with Gasteiger partial charge in [-0.3, -0.25) is 0 Å². The van der Waals surface area contributed by atoms with Gasteiger partial charge in [0.2, 0.25) is 0 Å². The monoisotopic (exact) mass is 311 g/mol. The highest BCUT2D eigenvalue weighted by atomic mass is 35.5. The first-order valence-corrected chi connectivity index (χ1v) is 7.01. The van der Waals surface area contributed by atoms with Crippen LogP contribution < -0.4 is 10.5 Å². The average Bonchev–Trinajstić information content (AvgIpc) is 2.47. The fourth-order valence-electron chi connectivity index (χ4n) is 2.00. The fourth-order valence-corrected chi connectivity index (χ4v) is 2.20. The van der Waals surface area contributed by atoms with Gasteiger partial charge < -0.3 is 10.5 Å². The first-order chi connectivity index (χ1) is 10.0. The maximum atomic E-state index is 13.3. The first kappa shape index (κ1) is 15.7. The van der Waals surface area contributed by atoms with Crippen molar-refractivity contribution in [1.29, 1.82) is 0 Å². The Morgan fingerprint density at radius 2 is 1.90 bits per heavy atom. The van der Waals surface area contributed by atoms with Gasteiger partial charge in [-0.05, 0) is 36.2 Å². The number of benzene rings is 2. The molecule has 0 aliphatic carbocycles. The highest BCUT2D eigenvalue weighted by Gasteiger charge is 2.21. The summed E-state index contributed by atoms with van der Waals surface area (Å²) in [6.07, 6.45) is 0.180. The van der Waals surface area contributed by atoms with Crippen LogP contribution in [0.1, 0.15) is 25.0 Å². The summed E-state index contributed by atoms with van der Waals surface area (Å²) in [5, 5.41) is 0.565. The van der Waals surface area contributed by atoms with Gasteiger partial charge in [-0.1, -0.05) is 30.7 Å². The Morgan fingerprint density at radius 1 is 1.14 bits per heavy atom. The standard InChI is InChI=1S/C16H16ClF2NO/c1-2-15(20)16(10-4-3-5-11(17)8-10)21-12-6-7-13(18)14(19)9-12/h3-9,15-16H,2,20H2,1H3. The predicted molar refractivity (Wildman–Crippen MR) is 79.4 cm³/mol. The van der Waals surface area contributed by atoms with Crippen molar-refractivity contribution in [1.82, 2.24) is 0 Å². The SMILES string of the molecule is CCC(N)C(Oc1ccc(F)c(F)c1)c1cccc(Cl)c1. The van der Waals surface area contributed by atoms with Gasteiger partial charge in [0.15, 0.2) is 11.6 Å². The highest BCUT2D eigenvalue weighted by Crippen LogP contribution is 2.28. The molecule has 0 aromatic heterocycles. The molecule has 0 saturated heterocycles. The van der Waals surface area contributed by atoms with Crippen molar-refractivity contribution in [2.24, 2.45) is 5.73 Å². The Bertz CT molecular complexity index is 621. The molecule has 2 nitrogen and oxygen atoms in total. The molecule has 0 aliphatic heterocycles. The lowest BCUT2D eigenvalue weighted by Crippen LogP contribution is -2.31. The summed E-state index contributed by atoms with van der Waals surface area (Å²) in [6.45, 7) is 1.93. The van der Waals surface area contributed by atoms with E-state index in [4.69, 9.17) is 22.1 Å². The minimum atomic E-state index is -0.956. The van der Waals surface area contributed by atoms with Crippen LogP contribution in [0.15, 0.2) is 42.5 Å². The molecule has 2 aromatic carbocycles. The molecule has 2 aromatic rings. The second kappa shape index (κ2) is 6.87. The van der Waals surface area contributed by atoms with Crippen molar-refractivity contribution in [3.05, 3.63) is 64.7 Å². The molecule has 2 rings (SSSR count). The van der Waals surface area contributed by atoms with Gasteiger partial charge in [0.25, 0.3) is 0 Å². The Kier molecular flexibility index (Phi) is 5.15. The van der Waals surface area contributed by atoms with Crippen molar-refractivity contribution in [3.63, 3.8) is 0 Å². The minimum absolute atomic E-state index is 0.225. The zero-order valence-electron chi connectivity index (χ0n) is 11.5. The van der Waals surface area contributed by atoms with Crippen LogP contribution >= 0.6 is 11.6 Å². The minimum Gasteiger partial charge on any atom is -0.484 e. The van der Waals surface area contributed by atoms with Crippen LogP contribution in [0.3, 0.4) is 0 Å². The van der Waals surface area contributed by atoms with E-state index < -0.39 is 17.7 Å². The van der Waals surface area contributed by atoms with Crippen LogP contribution in [-0.2, 0) is 0 Å². The molecule has 0 fully saturated rings. The number of halogens is 3. The number of ether oxygens (including phenoxy) is 1. The Hall–Kier alpha value is -1.65. The van der Waals surface area contributed by atoms with E-state index in [-0.39, 0.29) is 11.8 Å². The molecule has 0 bridgehead atoms. The van der Waals surface area contributed by atoms with E-state index in [1.54, 1.807) is 18.2 Å². The van der Waals surface area contributed by atoms with E-state index in [1.807, 2.05) is 13.0 Å². The molecule has 21 heavy (non-hydrogen) atoms. The summed E-state index contributed by atoms with van der Waals surface area (Å²) >= 11 is 5.98. The van der Waals surface area contributed by atoms with Crippen LogP contribution in [-0.4, -0.2) is 6.04 Å². The molecule has 112 valence electrons. The topological polar surface area (TPSA) is 35.2 Å². The molecule has 0 heterocycles.